The van der Waals surface area contributed by atoms with Crippen LogP contribution in [0.1, 0.15) is 19.2 Å². The number of benzene rings is 1. The van der Waals surface area contributed by atoms with Gasteiger partial charge in [-0.3, -0.25) is 9.80 Å². The number of ether oxygens (including phenoxy) is 1. The van der Waals surface area contributed by atoms with Gasteiger partial charge < -0.3 is 15.0 Å². The summed E-state index contributed by atoms with van der Waals surface area (Å²) in [6.45, 7) is 3.43. The van der Waals surface area contributed by atoms with Crippen LogP contribution in [0.4, 0.5) is 0 Å². The lowest BCUT2D eigenvalue weighted by Gasteiger charge is -2.12. The van der Waals surface area contributed by atoms with Crippen molar-refractivity contribution in [2.24, 2.45) is 5.10 Å². The van der Waals surface area contributed by atoms with Crippen molar-refractivity contribution in [1.29, 1.82) is 0 Å². The van der Waals surface area contributed by atoms with Crippen LogP contribution < -0.4 is 10.1 Å². The number of aromatic amines is 1. The van der Waals surface area contributed by atoms with Gasteiger partial charge in [0.15, 0.2) is 0 Å². The maximum atomic E-state index is 11.9. The largest absolute Gasteiger partial charge is 0.497 e. The Morgan fingerprint density at radius 2 is 2.36 bits per heavy atom. The number of nitrogens with zero attached hydrogens (tertiary/aromatic N) is 3. The van der Waals surface area contributed by atoms with Crippen molar-refractivity contribution in [2.75, 3.05) is 20.2 Å². The molecule has 0 unspecified atom stereocenters. The summed E-state index contributed by atoms with van der Waals surface area (Å²) in [5.41, 5.74) is 2.81. The summed E-state index contributed by atoms with van der Waals surface area (Å²) < 4.78 is 5.18. The molecule has 0 saturated carbocycles. The number of rotatable bonds is 5. The number of hydrazone groups is 1. The number of nitrogens with one attached hydrogen (secondary N) is 2. The molecule has 7 heteroatoms. The van der Waals surface area contributed by atoms with Crippen LogP contribution in [0.5, 0.6) is 5.75 Å². The fourth-order valence-electron chi connectivity index (χ4n) is 2.40. The van der Waals surface area contributed by atoms with Crippen molar-refractivity contribution < 1.29 is 9.53 Å². The van der Waals surface area contributed by atoms with E-state index in [-0.39, 0.29) is 12.5 Å². The molecule has 0 spiro atoms. The van der Waals surface area contributed by atoms with Crippen LogP contribution >= 0.6 is 0 Å². The van der Waals surface area contributed by atoms with E-state index in [2.05, 4.69) is 20.4 Å². The lowest BCUT2D eigenvalue weighted by atomic mass is 10.3. The number of aromatic nitrogens is 2. The van der Waals surface area contributed by atoms with Crippen molar-refractivity contribution >= 4 is 22.7 Å². The van der Waals surface area contributed by atoms with Gasteiger partial charge in [-0.15, -0.1) is 0 Å². The highest BCUT2D eigenvalue weighted by atomic mass is 16.5. The van der Waals surface area contributed by atoms with Gasteiger partial charge >= 0.3 is 0 Å². The van der Waals surface area contributed by atoms with E-state index < -0.39 is 0 Å². The van der Waals surface area contributed by atoms with E-state index >= 15 is 0 Å². The summed E-state index contributed by atoms with van der Waals surface area (Å²) in [7, 11) is 1.63. The number of imidazole rings is 1. The van der Waals surface area contributed by atoms with Crippen LogP contribution in [-0.4, -0.2) is 46.8 Å². The molecule has 0 fully saturated rings. The van der Waals surface area contributed by atoms with Gasteiger partial charge in [0, 0.05) is 24.7 Å². The minimum Gasteiger partial charge on any atom is -0.497 e. The molecule has 2 heterocycles. The molecule has 0 aliphatic carbocycles. The zero-order valence-corrected chi connectivity index (χ0v) is 12.7. The average molecular weight is 301 g/mol. The zero-order valence-electron chi connectivity index (χ0n) is 12.7. The fraction of sp³-hybridized carbons (Fsp3) is 0.400. The number of H-pyrrole nitrogens is 1. The minimum absolute atomic E-state index is 0.0588. The summed E-state index contributed by atoms with van der Waals surface area (Å²) in [6.07, 6.45) is 0.929. The number of amides is 1. The molecule has 116 valence electrons. The average Bonchev–Trinajstić information content (AvgIpc) is 3.10. The van der Waals surface area contributed by atoms with Gasteiger partial charge in [-0.2, -0.15) is 5.10 Å². The monoisotopic (exact) mass is 301 g/mol. The third-order valence-electron chi connectivity index (χ3n) is 3.56. The molecule has 2 N–H and O–H groups in total. The summed E-state index contributed by atoms with van der Waals surface area (Å²) in [4.78, 5) is 19.5. The molecule has 1 aliphatic rings. The minimum atomic E-state index is -0.0588. The summed E-state index contributed by atoms with van der Waals surface area (Å²) >= 11 is 0. The predicted molar refractivity (Wildman–Crippen MR) is 83.8 cm³/mol. The number of hydrogen-bond acceptors (Lipinski definition) is 5. The van der Waals surface area contributed by atoms with E-state index in [0.29, 0.717) is 6.54 Å². The van der Waals surface area contributed by atoms with Crippen molar-refractivity contribution in [3.05, 3.63) is 24.0 Å². The van der Waals surface area contributed by atoms with Crippen LogP contribution in [0.3, 0.4) is 0 Å². The highest BCUT2D eigenvalue weighted by molar-refractivity contribution is 5.84. The van der Waals surface area contributed by atoms with Crippen LogP contribution in [-0.2, 0) is 11.3 Å². The van der Waals surface area contributed by atoms with Crippen LogP contribution in [0.25, 0.3) is 11.0 Å². The summed E-state index contributed by atoms with van der Waals surface area (Å²) in [5.74, 6) is 1.43. The first-order chi connectivity index (χ1) is 10.6. The molecule has 22 heavy (non-hydrogen) atoms. The van der Waals surface area contributed by atoms with Crippen molar-refractivity contribution in [2.45, 2.75) is 19.9 Å². The van der Waals surface area contributed by atoms with E-state index in [9.17, 15) is 4.79 Å². The van der Waals surface area contributed by atoms with E-state index in [0.717, 1.165) is 41.3 Å². The van der Waals surface area contributed by atoms with Crippen molar-refractivity contribution in [3.8, 4) is 5.75 Å². The van der Waals surface area contributed by atoms with Crippen molar-refractivity contribution in [3.63, 3.8) is 0 Å². The van der Waals surface area contributed by atoms with Crippen LogP contribution in [0.2, 0.25) is 0 Å². The third kappa shape index (κ3) is 3.19. The Morgan fingerprint density at radius 1 is 1.50 bits per heavy atom. The predicted octanol–water partition coefficient (Wildman–Crippen LogP) is 1.27. The molecule has 0 saturated heterocycles. The number of hydrogen-bond donors (Lipinski definition) is 2. The number of fused-ring (bicyclic) bond motifs is 1. The first-order valence-electron chi connectivity index (χ1n) is 7.22. The lowest BCUT2D eigenvalue weighted by Crippen LogP contribution is -2.33. The van der Waals surface area contributed by atoms with E-state index in [4.69, 9.17) is 4.74 Å². The van der Waals surface area contributed by atoms with Gasteiger partial charge in [0.1, 0.15) is 18.1 Å². The molecular formula is C15H19N5O2. The first-order valence-corrected chi connectivity index (χ1v) is 7.22. The Balaban J connectivity index is 1.58. The number of carbonyl (C=O) groups excluding carboxylic acids is 1. The van der Waals surface area contributed by atoms with Gasteiger partial charge in [0.2, 0.25) is 5.91 Å². The van der Waals surface area contributed by atoms with E-state index in [1.165, 1.54) is 0 Å². The summed E-state index contributed by atoms with van der Waals surface area (Å²) in [6, 6.07) is 5.63. The molecule has 1 aliphatic heterocycles. The standard InChI is InChI=1S/C15H19N5O2/c1-10-5-6-20(19-10)9-15(21)16-8-14-17-12-4-3-11(22-2)7-13(12)18-14/h3-4,7H,5-6,8-9H2,1-2H3,(H,16,21)(H,17,18). The van der Waals surface area contributed by atoms with Gasteiger partial charge in [0.05, 0.1) is 24.7 Å². The fourth-order valence-corrected chi connectivity index (χ4v) is 2.40. The quantitative estimate of drug-likeness (QED) is 0.871. The molecule has 0 radical (unpaired) electrons. The highest BCUT2D eigenvalue weighted by Gasteiger charge is 2.14. The molecule has 0 atom stereocenters. The molecule has 7 nitrogen and oxygen atoms in total. The molecule has 0 bridgehead atoms. The first kappa shape index (κ1) is 14.4. The van der Waals surface area contributed by atoms with Gasteiger partial charge in [-0.25, -0.2) is 4.98 Å². The SMILES string of the molecule is COc1ccc2nc(CNC(=O)CN3CCC(C)=N3)[nH]c2c1. The van der Waals surface area contributed by atoms with Gasteiger partial charge in [0.25, 0.3) is 0 Å². The second-order valence-corrected chi connectivity index (χ2v) is 5.32. The number of methoxy groups -OCH3 is 1. The Hall–Kier alpha value is -2.57. The Bertz CT molecular complexity index is 722. The van der Waals surface area contributed by atoms with Gasteiger partial charge in [-0.1, -0.05) is 0 Å². The topological polar surface area (TPSA) is 82.6 Å². The maximum Gasteiger partial charge on any atom is 0.241 e. The molecule has 2 aromatic rings. The zero-order chi connectivity index (χ0) is 15.5. The molecule has 1 aromatic heterocycles. The third-order valence-corrected chi connectivity index (χ3v) is 3.56. The van der Waals surface area contributed by atoms with E-state index in [1.807, 2.05) is 25.1 Å². The Kier molecular flexibility index (Phi) is 3.95. The molecule has 3 rings (SSSR count). The maximum absolute atomic E-state index is 11.9. The Labute approximate surface area is 128 Å². The summed E-state index contributed by atoms with van der Waals surface area (Å²) in [5, 5.41) is 8.93. The molecule has 1 aromatic carbocycles. The molecular weight excluding hydrogens is 282 g/mol. The van der Waals surface area contributed by atoms with E-state index in [1.54, 1.807) is 12.1 Å². The highest BCUT2D eigenvalue weighted by Crippen LogP contribution is 2.18. The lowest BCUT2D eigenvalue weighted by molar-refractivity contribution is -0.122. The Morgan fingerprint density at radius 3 is 3.09 bits per heavy atom. The van der Waals surface area contributed by atoms with Gasteiger partial charge in [-0.05, 0) is 19.1 Å². The normalized spacial score (nSPS) is 14.3. The van der Waals surface area contributed by atoms with Crippen LogP contribution in [0.15, 0.2) is 23.3 Å². The smallest absolute Gasteiger partial charge is 0.241 e. The second kappa shape index (κ2) is 6.05. The second-order valence-electron chi connectivity index (χ2n) is 5.32. The molecule has 1 amide bonds. The van der Waals surface area contributed by atoms with Crippen molar-refractivity contribution in [1.82, 2.24) is 20.3 Å². The number of carbonyl (C=O) groups is 1. The van der Waals surface area contributed by atoms with Crippen LogP contribution in [0, 0.1) is 0 Å².